The molecule has 0 aliphatic carbocycles. The molecule has 0 amide bonds. The Kier molecular flexibility index (Phi) is 5.56. The number of hydrogen-bond acceptors (Lipinski definition) is 4. The molecule has 2 aromatic rings. The van der Waals surface area contributed by atoms with E-state index in [1.807, 2.05) is 0 Å². The number of ether oxygens (including phenoxy) is 1. The van der Waals surface area contributed by atoms with Gasteiger partial charge in [-0.1, -0.05) is 38.1 Å². The molecule has 1 fully saturated rings. The molecule has 0 spiro atoms. The van der Waals surface area contributed by atoms with Gasteiger partial charge >= 0.3 is 0 Å². The Hall–Kier alpha value is -1.81. The van der Waals surface area contributed by atoms with Gasteiger partial charge in [0.25, 0.3) is 0 Å². The van der Waals surface area contributed by atoms with Gasteiger partial charge in [-0.15, -0.1) is 0 Å². The van der Waals surface area contributed by atoms with Crippen LogP contribution in [-0.4, -0.2) is 23.2 Å². The minimum atomic E-state index is 0.348. The van der Waals surface area contributed by atoms with Crippen LogP contribution in [0.3, 0.4) is 0 Å². The smallest absolute Gasteiger partial charge is 0.154 e. The quantitative estimate of drug-likeness (QED) is 0.723. The molecule has 1 aromatic carbocycles. The van der Waals surface area contributed by atoms with Gasteiger partial charge in [0.1, 0.15) is 5.75 Å². The van der Waals surface area contributed by atoms with E-state index >= 15 is 0 Å². The highest BCUT2D eigenvalue weighted by molar-refractivity contribution is 5.27. The zero-order valence-corrected chi connectivity index (χ0v) is 15.0. The molecule has 1 aromatic heterocycles. The largest absolute Gasteiger partial charge is 0.494 e. The first-order valence-corrected chi connectivity index (χ1v) is 9.09. The number of rotatable bonds is 7. The summed E-state index contributed by atoms with van der Waals surface area (Å²) in [5.74, 6) is 2.38. The number of hydrogen-bond donors (Lipinski definition) is 0. The molecule has 2 heterocycles. The molecule has 0 saturated carbocycles. The SMILES string of the molecule is CCCOc1ccc(CN2CCC[C@H]2c2cc(C(C)C)no2)cc1. The molecule has 0 unspecified atom stereocenters. The molecule has 1 aliphatic rings. The number of aromatic nitrogens is 1. The average molecular weight is 328 g/mol. The minimum Gasteiger partial charge on any atom is -0.494 e. The van der Waals surface area contributed by atoms with E-state index in [1.165, 1.54) is 12.0 Å². The maximum absolute atomic E-state index is 5.66. The fourth-order valence-corrected chi connectivity index (χ4v) is 3.22. The van der Waals surface area contributed by atoms with Crippen molar-refractivity contribution in [1.29, 1.82) is 0 Å². The summed E-state index contributed by atoms with van der Waals surface area (Å²) in [5, 5.41) is 4.22. The van der Waals surface area contributed by atoms with Crippen LogP contribution in [0.4, 0.5) is 0 Å². The van der Waals surface area contributed by atoms with Crippen LogP contribution in [0.2, 0.25) is 0 Å². The second kappa shape index (κ2) is 7.84. The predicted molar refractivity (Wildman–Crippen MR) is 95.2 cm³/mol. The molecule has 0 bridgehead atoms. The first-order valence-electron chi connectivity index (χ1n) is 9.09. The van der Waals surface area contributed by atoms with E-state index in [0.29, 0.717) is 12.0 Å². The molecule has 130 valence electrons. The van der Waals surface area contributed by atoms with Crippen LogP contribution in [0, 0.1) is 0 Å². The van der Waals surface area contributed by atoms with Gasteiger partial charge in [0.15, 0.2) is 5.76 Å². The summed E-state index contributed by atoms with van der Waals surface area (Å²) in [6, 6.07) is 11.0. The van der Waals surface area contributed by atoms with Crippen molar-refractivity contribution in [1.82, 2.24) is 10.1 Å². The molecule has 24 heavy (non-hydrogen) atoms. The highest BCUT2D eigenvalue weighted by Gasteiger charge is 2.29. The zero-order valence-electron chi connectivity index (χ0n) is 15.0. The van der Waals surface area contributed by atoms with E-state index in [1.54, 1.807) is 0 Å². The number of likely N-dealkylation sites (tertiary alicyclic amines) is 1. The van der Waals surface area contributed by atoms with Gasteiger partial charge in [-0.3, -0.25) is 4.90 Å². The maximum atomic E-state index is 5.66. The molecular formula is C20H28N2O2. The van der Waals surface area contributed by atoms with Crippen molar-refractivity contribution in [3.05, 3.63) is 47.3 Å². The maximum Gasteiger partial charge on any atom is 0.154 e. The van der Waals surface area contributed by atoms with Crippen LogP contribution in [0.1, 0.15) is 69.0 Å². The van der Waals surface area contributed by atoms with E-state index in [2.05, 4.69) is 61.2 Å². The second-order valence-electron chi connectivity index (χ2n) is 6.93. The summed E-state index contributed by atoms with van der Waals surface area (Å²) in [7, 11) is 0. The van der Waals surface area contributed by atoms with E-state index in [4.69, 9.17) is 9.26 Å². The van der Waals surface area contributed by atoms with Gasteiger partial charge in [-0.05, 0) is 49.4 Å². The van der Waals surface area contributed by atoms with Crippen molar-refractivity contribution in [3.63, 3.8) is 0 Å². The molecule has 0 N–H and O–H groups in total. The molecular weight excluding hydrogens is 300 g/mol. The van der Waals surface area contributed by atoms with Gasteiger partial charge in [0, 0.05) is 12.6 Å². The fourth-order valence-electron chi connectivity index (χ4n) is 3.22. The third kappa shape index (κ3) is 3.99. The summed E-state index contributed by atoms with van der Waals surface area (Å²) in [5.41, 5.74) is 2.36. The van der Waals surface area contributed by atoms with Gasteiger partial charge in [-0.2, -0.15) is 0 Å². The van der Waals surface area contributed by atoms with Crippen LogP contribution < -0.4 is 4.74 Å². The van der Waals surface area contributed by atoms with E-state index in [-0.39, 0.29) is 0 Å². The summed E-state index contributed by atoms with van der Waals surface area (Å²) in [4.78, 5) is 2.49. The average Bonchev–Trinajstić information content (AvgIpc) is 3.23. The topological polar surface area (TPSA) is 38.5 Å². The van der Waals surface area contributed by atoms with Crippen molar-refractivity contribution in [2.45, 2.75) is 58.5 Å². The van der Waals surface area contributed by atoms with Crippen LogP contribution in [0.25, 0.3) is 0 Å². The lowest BCUT2D eigenvalue weighted by Gasteiger charge is -2.22. The number of benzene rings is 1. The fraction of sp³-hybridized carbons (Fsp3) is 0.550. The highest BCUT2D eigenvalue weighted by Crippen LogP contribution is 2.34. The molecule has 0 radical (unpaired) electrons. The van der Waals surface area contributed by atoms with Crippen LogP contribution in [0.15, 0.2) is 34.9 Å². The molecule has 1 atom stereocenters. The van der Waals surface area contributed by atoms with Gasteiger partial charge in [0.05, 0.1) is 18.3 Å². The molecule has 4 heteroatoms. The molecule has 3 rings (SSSR count). The molecule has 4 nitrogen and oxygen atoms in total. The van der Waals surface area contributed by atoms with Crippen LogP contribution in [-0.2, 0) is 6.54 Å². The summed E-state index contributed by atoms with van der Waals surface area (Å²) >= 11 is 0. The number of nitrogens with zero attached hydrogens (tertiary/aromatic N) is 2. The van der Waals surface area contributed by atoms with Crippen molar-refractivity contribution in [2.75, 3.05) is 13.2 Å². The first-order chi connectivity index (χ1) is 11.7. The van der Waals surface area contributed by atoms with Gasteiger partial charge in [0.2, 0.25) is 0 Å². The van der Waals surface area contributed by atoms with Crippen molar-refractivity contribution < 1.29 is 9.26 Å². The van der Waals surface area contributed by atoms with Crippen molar-refractivity contribution in [2.24, 2.45) is 0 Å². The van der Waals surface area contributed by atoms with Crippen LogP contribution in [0.5, 0.6) is 5.75 Å². The van der Waals surface area contributed by atoms with Crippen molar-refractivity contribution >= 4 is 0 Å². The normalized spacial score (nSPS) is 18.4. The summed E-state index contributed by atoms with van der Waals surface area (Å²) < 4.78 is 11.3. The lowest BCUT2D eigenvalue weighted by molar-refractivity contribution is 0.206. The van der Waals surface area contributed by atoms with Crippen molar-refractivity contribution in [3.8, 4) is 5.75 Å². The van der Waals surface area contributed by atoms with E-state index < -0.39 is 0 Å². The minimum absolute atomic E-state index is 0.348. The van der Waals surface area contributed by atoms with Gasteiger partial charge in [-0.25, -0.2) is 0 Å². The third-order valence-corrected chi connectivity index (χ3v) is 4.61. The van der Waals surface area contributed by atoms with E-state index in [9.17, 15) is 0 Å². The lowest BCUT2D eigenvalue weighted by Crippen LogP contribution is -2.22. The monoisotopic (exact) mass is 328 g/mol. The third-order valence-electron chi connectivity index (χ3n) is 4.61. The summed E-state index contributed by atoms with van der Waals surface area (Å²) in [6.07, 6.45) is 3.39. The second-order valence-corrected chi connectivity index (χ2v) is 6.93. The Morgan fingerprint density at radius 3 is 2.75 bits per heavy atom. The molecule has 1 aliphatic heterocycles. The lowest BCUT2D eigenvalue weighted by atomic mass is 10.1. The van der Waals surface area contributed by atoms with E-state index in [0.717, 1.165) is 49.7 Å². The Morgan fingerprint density at radius 2 is 2.08 bits per heavy atom. The zero-order chi connectivity index (χ0) is 16.9. The Morgan fingerprint density at radius 1 is 1.29 bits per heavy atom. The van der Waals surface area contributed by atoms with Crippen LogP contribution >= 0.6 is 0 Å². The summed E-state index contributed by atoms with van der Waals surface area (Å²) in [6.45, 7) is 9.24. The Balaban J connectivity index is 1.65. The standard InChI is InChI=1S/C20H28N2O2/c1-4-12-23-17-9-7-16(8-10-17)14-22-11-5-6-19(22)20-13-18(15(2)3)21-24-20/h7-10,13,15,19H,4-6,11-12,14H2,1-3H3/t19-/m0/s1. The van der Waals surface area contributed by atoms with Gasteiger partial charge < -0.3 is 9.26 Å². The predicted octanol–water partition coefficient (Wildman–Crippen LogP) is 4.92. The highest BCUT2D eigenvalue weighted by atomic mass is 16.5. The molecule has 1 saturated heterocycles. The Labute approximate surface area is 144 Å². The first kappa shape index (κ1) is 17.0. The Bertz CT molecular complexity index is 633.